The summed E-state index contributed by atoms with van der Waals surface area (Å²) >= 11 is 0. The standard InChI is InChI=1S/C29H47N3O5/c1-3-36-22-15-20-30-29(35)25-18-19-27(33)32(2)21-13-9-7-5-4-6-8-10-14-23-37-26-17-12-11-16-24(26)28(34)31-25/h11-12,16-17,25H,3-10,13-15,18-23H2,1-2H3,(H,30,35)(H,31,34)/t25-/m0/s1. The van der Waals surface area contributed by atoms with Gasteiger partial charge in [0.15, 0.2) is 0 Å². The van der Waals surface area contributed by atoms with Gasteiger partial charge in [0, 0.05) is 39.8 Å². The molecule has 3 amide bonds. The average Bonchev–Trinajstić information content (AvgIpc) is 2.90. The molecule has 37 heavy (non-hydrogen) atoms. The Labute approximate surface area is 222 Å². The molecule has 8 heteroatoms. The van der Waals surface area contributed by atoms with Crippen molar-refractivity contribution in [3.05, 3.63) is 29.8 Å². The number of amides is 3. The van der Waals surface area contributed by atoms with E-state index >= 15 is 0 Å². The molecular formula is C29H47N3O5. The third-order valence-corrected chi connectivity index (χ3v) is 6.69. The lowest BCUT2D eigenvalue weighted by Crippen LogP contribution is -2.47. The SMILES string of the molecule is CCOCCCNC(=O)[C@@H]1CCC(=O)N(C)CCCCCCCCCCCOc2ccccc2C(=O)N1. The molecule has 0 spiro atoms. The molecule has 1 aliphatic rings. The normalized spacial score (nSPS) is 19.6. The van der Waals surface area contributed by atoms with Crippen LogP contribution in [0.1, 0.15) is 94.3 Å². The van der Waals surface area contributed by atoms with Gasteiger partial charge in [-0.3, -0.25) is 14.4 Å². The molecule has 8 nitrogen and oxygen atoms in total. The van der Waals surface area contributed by atoms with Crippen LogP contribution >= 0.6 is 0 Å². The number of carbonyl (C=O) groups is 3. The molecule has 0 fully saturated rings. The summed E-state index contributed by atoms with van der Waals surface area (Å²) in [6.07, 6.45) is 11.3. The predicted molar refractivity (Wildman–Crippen MR) is 146 cm³/mol. The molecule has 0 aliphatic carbocycles. The summed E-state index contributed by atoms with van der Waals surface area (Å²) in [7, 11) is 1.81. The van der Waals surface area contributed by atoms with E-state index in [1.165, 1.54) is 32.1 Å². The summed E-state index contributed by atoms with van der Waals surface area (Å²) in [5.74, 6) is -0.176. The van der Waals surface area contributed by atoms with Crippen LogP contribution in [0, 0.1) is 0 Å². The van der Waals surface area contributed by atoms with Crippen molar-refractivity contribution < 1.29 is 23.9 Å². The van der Waals surface area contributed by atoms with Gasteiger partial charge in [0.05, 0.1) is 12.2 Å². The highest BCUT2D eigenvalue weighted by molar-refractivity contribution is 5.99. The predicted octanol–water partition coefficient (Wildman–Crippen LogP) is 4.47. The topological polar surface area (TPSA) is 97.0 Å². The van der Waals surface area contributed by atoms with Crippen LogP contribution in [-0.2, 0) is 14.3 Å². The van der Waals surface area contributed by atoms with Crippen molar-refractivity contribution in [1.29, 1.82) is 0 Å². The van der Waals surface area contributed by atoms with E-state index in [1.54, 1.807) is 23.1 Å². The maximum absolute atomic E-state index is 13.2. The number of hydrogen-bond donors (Lipinski definition) is 2. The van der Waals surface area contributed by atoms with E-state index in [0.717, 1.165) is 25.7 Å². The summed E-state index contributed by atoms with van der Waals surface area (Å²) in [6.45, 7) is 4.82. The zero-order valence-electron chi connectivity index (χ0n) is 22.9. The molecule has 0 aromatic heterocycles. The van der Waals surface area contributed by atoms with Crippen molar-refractivity contribution in [1.82, 2.24) is 15.5 Å². The van der Waals surface area contributed by atoms with Crippen molar-refractivity contribution >= 4 is 17.7 Å². The summed E-state index contributed by atoms with van der Waals surface area (Å²) < 4.78 is 11.3. The lowest BCUT2D eigenvalue weighted by molar-refractivity contribution is -0.130. The molecular weight excluding hydrogens is 470 g/mol. The number of benzene rings is 1. The Morgan fingerprint density at radius 3 is 2.46 bits per heavy atom. The van der Waals surface area contributed by atoms with Gasteiger partial charge in [-0.1, -0.05) is 57.1 Å². The fourth-order valence-corrected chi connectivity index (χ4v) is 4.39. The molecule has 1 heterocycles. The van der Waals surface area contributed by atoms with Crippen LogP contribution in [0.25, 0.3) is 0 Å². The molecule has 1 aliphatic heterocycles. The third-order valence-electron chi connectivity index (χ3n) is 6.69. The summed E-state index contributed by atoms with van der Waals surface area (Å²) in [5, 5.41) is 5.74. The van der Waals surface area contributed by atoms with Gasteiger partial charge in [0.1, 0.15) is 11.8 Å². The average molecular weight is 518 g/mol. The number of nitrogens with zero attached hydrogens (tertiary/aromatic N) is 1. The Balaban J connectivity index is 2.09. The van der Waals surface area contributed by atoms with Crippen LogP contribution in [0.2, 0.25) is 0 Å². The van der Waals surface area contributed by atoms with Gasteiger partial charge >= 0.3 is 0 Å². The second kappa shape index (κ2) is 18.6. The van der Waals surface area contributed by atoms with Gasteiger partial charge in [-0.05, 0) is 44.7 Å². The molecule has 2 rings (SSSR count). The Bertz CT molecular complexity index is 816. The van der Waals surface area contributed by atoms with E-state index in [4.69, 9.17) is 9.47 Å². The van der Waals surface area contributed by atoms with Crippen LogP contribution in [0.15, 0.2) is 24.3 Å². The zero-order valence-corrected chi connectivity index (χ0v) is 22.9. The van der Waals surface area contributed by atoms with Crippen molar-refractivity contribution in [2.75, 3.05) is 40.0 Å². The van der Waals surface area contributed by atoms with E-state index in [0.29, 0.717) is 50.6 Å². The largest absolute Gasteiger partial charge is 0.493 e. The molecule has 1 atom stereocenters. The van der Waals surface area contributed by atoms with Crippen LogP contribution in [-0.4, -0.2) is 68.6 Å². The van der Waals surface area contributed by atoms with Crippen molar-refractivity contribution in [3.63, 3.8) is 0 Å². The maximum atomic E-state index is 13.2. The molecule has 0 saturated carbocycles. The molecule has 1 aromatic carbocycles. The molecule has 0 saturated heterocycles. The van der Waals surface area contributed by atoms with Crippen molar-refractivity contribution in [3.8, 4) is 5.75 Å². The first-order valence-corrected chi connectivity index (χ1v) is 14.1. The first kappa shape index (κ1) is 30.6. The summed E-state index contributed by atoms with van der Waals surface area (Å²) in [5.41, 5.74) is 0.394. The first-order valence-electron chi connectivity index (χ1n) is 14.1. The second-order valence-corrected chi connectivity index (χ2v) is 9.75. The van der Waals surface area contributed by atoms with Crippen LogP contribution in [0.4, 0.5) is 0 Å². The maximum Gasteiger partial charge on any atom is 0.255 e. The Morgan fingerprint density at radius 1 is 1.05 bits per heavy atom. The van der Waals surface area contributed by atoms with E-state index in [-0.39, 0.29) is 30.6 Å². The monoisotopic (exact) mass is 517 g/mol. The van der Waals surface area contributed by atoms with E-state index < -0.39 is 6.04 Å². The molecule has 2 N–H and O–H groups in total. The second-order valence-electron chi connectivity index (χ2n) is 9.75. The molecule has 1 aromatic rings. The van der Waals surface area contributed by atoms with Gasteiger partial charge in [0.2, 0.25) is 11.8 Å². The van der Waals surface area contributed by atoms with Crippen molar-refractivity contribution in [2.45, 2.75) is 90.0 Å². The Kier molecular flexibility index (Phi) is 15.4. The molecule has 0 unspecified atom stereocenters. The summed E-state index contributed by atoms with van der Waals surface area (Å²) in [4.78, 5) is 40.7. The first-order chi connectivity index (χ1) is 18.0. The summed E-state index contributed by atoms with van der Waals surface area (Å²) in [6, 6.07) is 6.29. The number of rotatable bonds is 6. The minimum Gasteiger partial charge on any atom is -0.493 e. The number of ether oxygens (including phenoxy) is 2. The quantitative estimate of drug-likeness (QED) is 0.543. The van der Waals surface area contributed by atoms with Crippen LogP contribution in [0.3, 0.4) is 0 Å². The third kappa shape index (κ3) is 12.5. The van der Waals surface area contributed by atoms with Gasteiger partial charge in [-0.2, -0.15) is 0 Å². The van der Waals surface area contributed by atoms with Gasteiger partial charge < -0.3 is 25.0 Å². The van der Waals surface area contributed by atoms with E-state index in [2.05, 4.69) is 10.6 Å². The number of carbonyl (C=O) groups excluding carboxylic acids is 3. The molecule has 208 valence electrons. The Hall–Kier alpha value is -2.61. The highest BCUT2D eigenvalue weighted by Crippen LogP contribution is 2.19. The van der Waals surface area contributed by atoms with Crippen molar-refractivity contribution in [2.24, 2.45) is 0 Å². The molecule has 0 bridgehead atoms. The van der Waals surface area contributed by atoms with Gasteiger partial charge in [-0.25, -0.2) is 0 Å². The fourth-order valence-electron chi connectivity index (χ4n) is 4.39. The van der Waals surface area contributed by atoms with Gasteiger partial charge in [0.25, 0.3) is 5.91 Å². The smallest absolute Gasteiger partial charge is 0.255 e. The number of para-hydroxylation sites is 1. The highest BCUT2D eigenvalue weighted by Gasteiger charge is 2.24. The Morgan fingerprint density at radius 2 is 1.73 bits per heavy atom. The lowest BCUT2D eigenvalue weighted by Gasteiger charge is -2.21. The number of fused-ring (bicyclic) bond motifs is 1. The highest BCUT2D eigenvalue weighted by atomic mass is 16.5. The minimum absolute atomic E-state index is 0.0157. The van der Waals surface area contributed by atoms with Crippen LogP contribution < -0.4 is 15.4 Å². The number of hydrogen-bond acceptors (Lipinski definition) is 5. The minimum atomic E-state index is -0.820. The van der Waals surface area contributed by atoms with Crippen LogP contribution in [0.5, 0.6) is 5.75 Å². The fraction of sp³-hybridized carbons (Fsp3) is 0.690. The zero-order chi connectivity index (χ0) is 26.7. The molecule has 0 radical (unpaired) electrons. The van der Waals surface area contributed by atoms with E-state index in [1.807, 2.05) is 20.0 Å². The number of nitrogens with one attached hydrogen (secondary N) is 2. The lowest BCUT2D eigenvalue weighted by atomic mass is 10.1. The van der Waals surface area contributed by atoms with E-state index in [9.17, 15) is 14.4 Å². The van der Waals surface area contributed by atoms with Gasteiger partial charge in [-0.15, -0.1) is 0 Å².